The molecule has 2 aromatic rings. The van der Waals surface area contributed by atoms with Crippen molar-refractivity contribution in [3.05, 3.63) is 35.0 Å². The molecule has 4 rings (SSSR count). The maximum atomic E-state index is 12.3. The SMILES string of the molecule is O=C(CN1CCN(c2ccccn2)CC1)Nc1nc2c(s1)COCC2. The van der Waals surface area contributed by atoms with Crippen LogP contribution < -0.4 is 10.2 Å². The van der Waals surface area contributed by atoms with Crippen LogP contribution >= 0.6 is 11.3 Å². The summed E-state index contributed by atoms with van der Waals surface area (Å²) in [5.74, 6) is 1.00. The van der Waals surface area contributed by atoms with Gasteiger partial charge in [0.05, 0.1) is 30.3 Å². The molecule has 7 nitrogen and oxygen atoms in total. The number of hydrogen-bond acceptors (Lipinski definition) is 7. The van der Waals surface area contributed by atoms with Crippen molar-refractivity contribution in [1.82, 2.24) is 14.9 Å². The zero-order chi connectivity index (χ0) is 17.1. The summed E-state index contributed by atoms with van der Waals surface area (Å²) in [6, 6.07) is 5.95. The summed E-state index contributed by atoms with van der Waals surface area (Å²) < 4.78 is 5.42. The van der Waals surface area contributed by atoms with Crippen molar-refractivity contribution in [3.63, 3.8) is 0 Å². The van der Waals surface area contributed by atoms with Crippen LogP contribution in [-0.4, -0.2) is 60.1 Å². The van der Waals surface area contributed by atoms with Gasteiger partial charge in [0.25, 0.3) is 0 Å². The molecule has 1 N–H and O–H groups in total. The lowest BCUT2D eigenvalue weighted by molar-refractivity contribution is -0.117. The number of anilines is 2. The van der Waals surface area contributed by atoms with Crippen molar-refractivity contribution in [2.45, 2.75) is 13.0 Å². The number of aromatic nitrogens is 2. The quantitative estimate of drug-likeness (QED) is 0.889. The number of carbonyl (C=O) groups is 1. The normalized spacial score (nSPS) is 18.0. The molecule has 1 amide bonds. The molecule has 0 atom stereocenters. The van der Waals surface area contributed by atoms with Crippen LogP contribution in [-0.2, 0) is 22.6 Å². The molecule has 0 aromatic carbocycles. The Bertz CT molecular complexity index is 704. The molecule has 0 saturated carbocycles. The molecule has 0 aliphatic carbocycles. The lowest BCUT2D eigenvalue weighted by atomic mass is 10.2. The van der Waals surface area contributed by atoms with Gasteiger partial charge in [0, 0.05) is 38.8 Å². The summed E-state index contributed by atoms with van der Waals surface area (Å²) >= 11 is 1.52. The molecule has 8 heteroatoms. The standard InChI is InChI=1S/C17H21N5O2S/c23-16(20-17-19-13-4-10-24-12-14(13)25-17)11-21-6-8-22(9-7-21)15-3-1-2-5-18-15/h1-3,5H,4,6-12H2,(H,19,20,23). The van der Waals surface area contributed by atoms with E-state index in [-0.39, 0.29) is 5.91 Å². The number of carbonyl (C=O) groups excluding carboxylic acids is 1. The van der Waals surface area contributed by atoms with Gasteiger partial charge in [-0.05, 0) is 12.1 Å². The van der Waals surface area contributed by atoms with Gasteiger partial charge >= 0.3 is 0 Å². The molecule has 2 aromatic heterocycles. The minimum absolute atomic E-state index is 0.00157. The molecular weight excluding hydrogens is 338 g/mol. The zero-order valence-electron chi connectivity index (χ0n) is 14.0. The Hall–Kier alpha value is -2.03. The van der Waals surface area contributed by atoms with E-state index in [9.17, 15) is 4.79 Å². The van der Waals surface area contributed by atoms with E-state index in [1.54, 1.807) is 0 Å². The number of amides is 1. The first-order valence-corrected chi connectivity index (χ1v) is 9.34. The van der Waals surface area contributed by atoms with Crippen molar-refractivity contribution in [1.29, 1.82) is 0 Å². The van der Waals surface area contributed by atoms with Gasteiger partial charge in [0.2, 0.25) is 5.91 Å². The van der Waals surface area contributed by atoms with Gasteiger partial charge in [-0.15, -0.1) is 0 Å². The smallest absolute Gasteiger partial charge is 0.240 e. The topological polar surface area (TPSA) is 70.6 Å². The van der Waals surface area contributed by atoms with Crippen molar-refractivity contribution in [2.75, 3.05) is 49.5 Å². The van der Waals surface area contributed by atoms with E-state index in [1.807, 2.05) is 24.4 Å². The second kappa shape index (κ2) is 7.47. The molecule has 132 valence electrons. The molecule has 2 aliphatic heterocycles. The first kappa shape index (κ1) is 16.4. The van der Waals surface area contributed by atoms with E-state index in [0.717, 1.165) is 49.0 Å². The Morgan fingerprint density at radius 1 is 1.28 bits per heavy atom. The maximum absolute atomic E-state index is 12.3. The average molecular weight is 359 g/mol. The van der Waals surface area contributed by atoms with E-state index < -0.39 is 0 Å². The molecule has 25 heavy (non-hydrogen) atoms. The van der Waals surface area contributed by atoms with Crippen molar-refractivity contribution < 1.29 is 9.53 Å². The van der Waals surface area contributed by atoms with Crippen LogP contribution in [0, 0.1) is 0 Å². The van der Waals surface area contributed by atoms with Crippen LogP contribution in [0.4, 0.5) is 10.9 Å². The van der Waals surface area contributed by atoms with E-state index in [0.29, 0.717) is 24.9 Å². The lowest BCUT2D eigenvalue weighted by Crippen LogP contribution is -2.48. The van der Waals surface area contributed by atoms with E-state index in [4.69, 9.17) is 4.74 Å². The number of fused-ring (bicyclic) bond motifs is 1. The summed E-state index contributed by atoms with van der Waals surface area (Å²) in [5.41, 5.74) is 1.07. The van der Waals surface area contributed by atoms with Crippen LogP contribution in [0.25, 0.3) is 0 Å². The number of nitrogens with zero attached hydrogens (tertiary/aromatic N) is 4. The molecule has 0 radical (unpaired) electrons. The van der Waals surface area contributed by atoms with Gasteiger partial charge in [-0.1, -0.05) is 17.4 Å². The fourth-order valence-electron chi connectivity index (χ4n) is 3.12. The zero-order valence-corrected chi connectivity index (χ0v) is 14.8. The van der Waals surface area contributed by atoms with E-state index in [1.165, 1.54) is 11.3 Å². The molecule has 2 aliphatic rings. The van der Waals surface area contributed by atoms with Crippen LogP contribution in [0.3, 0.4) is 0 Å². The highest BCUT2D eigenvalue weighted by molar-refractivity contribution is 7.15. The fourth-order valence-corrected chi connectivity index (χ4v) is 4.08. The number of nitrogens with one attached hydrogen (secondary N) is 1. The minimum Gasteiger partial charge on any atom is -0.375 e. The number of thiazole rings is 1. The first-order chi connectivity index (χ1) is 12.3. The summed E-state index contributed by atoms with van der Waals surface area (Å²) in [4.78, 5) is 26.8. The largest absolute Gasteiger partial charge is 0.375 e. The van der Waals surface area contributed by atoms with Crippen LogP contribution in [0.5, 0.6) is 0 Å². The third kappa shape index (κ3) is 3.97. The monoisotopic (exact) mass is 359 g/mol. The number of pyridine rings is 1. The number of rotatable bonds is 4. The van der Waals surface area contributed by atoms with E-state index in [2.05, 4.69) is 25.1 Å². The second-order valence-corrected chi connectivity index (χ2v) is 7.27. The van der Waals surface area contributed by atoms with Gasteiger partial charge in [-0.3, -0.25) is 9.69 Å². The number of hydrogen-bond donors (Lipinski definition) is 1. The molecule has 0 bridgehead atoms. The Morgan fingerprint density at radius 2 is 2.16 bits per heavy atom. The third-order valence-corrected chi connectivity index (χ3v) is 5.44. The lowest BCUT2D eigenvalue weighted by Gasteiger charge is -2.34. The summed E-state index contributed by atoms with van der Waals surface area (Å²) in [5, 5.41) is 3.62. The van der Waals surface area contributed by atoms with E-state index >= 15 is 0 Å². The Labute approximate surface area is 150 Å². The van der Waals surface area contributed by atoms with Crippen LogP contribution in [0.1, 0.15) is 10.6 Å². The molecule has 1 fully saturated rings. The van der Waals surface area contributed by atoms with Crippen molar-refractivity contribution in [2.24, 2.45) is 0 Å². The van der Waals surface area contributed by atoms with Gasteiger partial charge < -0.3 is 15.0 Å². The Balaban J connectivity index is 1.27. The summed E-state index contributed by atoms with van der Waals surface area (Å²) in [7, 11) is 0. The van der Waals surface area contributed by atoms with Gasteiger partial charge in [-0.25, -0.2) is 9.97 Å². The summed E-state index contributed by atoms with van der Waals surface area (Å²) in [6.07, 6.45) is 2.64. The number of ether oxygens (including phenoxy) is 1. The van der Waals surface area contributed by atoms with Gasteiger partial charge in [0.15, 0.2) is 5.13 Å². The van der Waals surface area contributed by atoms with Crippen molar-refractivity contribution in [3.8, 4) is 0 Å². The van der Waals surface area contributed by atoms with Crippen LogP contribution in [0.15, 0.2) is 24.4 Å². The molecule has 0 unspecified atom stereocenters. The number of piperazine rings is 1. The second-order valence-electron chi connectivity index (χ2n) is 6.19. The highest BCUT2D eigenvalue weighted by Crippen LogP contribution is 2.27. The average Bonchev–Trinajstić information content (AvgIpc) is 3.05. The highest BCUT2D eigenvalue weighted by atomic mass is 32.1. The molecule has 4 heterocycles. The highest BCUT2D eigenvalue weighted by Gasteiger charge is 2.21. The molecular formula is C17H21N5O2S. The maximum Gasteiger partial charge on any atom is 0.240 e. The summed E-state index contributed by atoms with van der Waals surface area (Å²) in [6.45, 7) is 5.19. The minimum atomic E-state index is -0.00157. The van der Waals surface area contributed by atoms with Gasteiger partial charge in [0.1, 0.15) is 5.82 Å². The van der Waals surface area contributed by atoms with Crippen molar-refractivity contribution >= 4 is 28.2 Å². The fraction of sp³-hybridized carbons (Fsp3) is 0.471. The third-order valence-electron chi connectivity index (χ3n) is 4.45. The Morgan fingerprint density at radius 3 is 2.92 bits per heavy atom. The Kier molecular flexibility index (Phi) is 4.91. The predicted molar refractivity (Wildman–Crippen MR) is 97.0 cm³/mol. The molecule has 1 saturated heterocycles. The molecule has 0 spiro atoms. The predicted octanol–water partition coefficient (Wildman–Crippen LogP) is 1.37. The van der Waals surface area contributed by atoms with Crippen LogP contribution in [0.2, 0.25) is 0 Å². The van der Waals surface area contributed by atoms with Gasteiger partial charge in [-0.2, -0.15) is 0 Å². The first-order valence-electron chi connectivity index (χ1n) is 8.52.